The minimum Gasteiger partial charge on any atom is -0.355 e. The van der Waals surface area contributed by atoms with Crippen molar-refractivity contribution in [3.05, 3.63) is 64.9 Å². The van der Waals surface area contributed by atoms with Gasteiger partial charge in [-0.05, 0) is 40.3 Å². The zero-order chi connectivity index (χ0) is 14.2. The lowest BCUT2D eigenvalue weighted by Gasteiger charge is -2.22. The van der Waals surface area contributed by atoms with E-state index in [0.717, 1.165) is 6.42 Å². The highest BCUT2D eigenvalue weighted by molar-refractivity contribution is 5.99. The van der Waals surface area contributed by atoms with E-state index in [2.05, 4.69) is 67.4 Å². The summed E-state index contributed by atoms with van der Waals surface area (Å²) in [5.41, 5.74) is 9.85. The highest BCUT2D eigenvalue weighted by Crippen LogP contribution is 2.51. The van der Waals surface area contributed by atoms with E-state index in [9.17, 15) is 0 Å². The summed E-state index contributed by atoms with van der Waals surface area (Å²) in [5, 5.41) is 1.40. The number of aromatic amines is 1. The van der Waals surface area contributed by atoms with Gasteiger partial charge < -0.3 is 4.98 Å². The second kappa shape index (κ2) is 3.48. The molecule has 1 N–H and O–H groups in total. The second-order valence-corrected chi connectivity index (χ2v) is 6.70. The zero-order valence-electron chi connectivity index (χ0n) is 12.3. The first kappa shape index (κ1) is 11.4. The van der Waals surface area contributed by atoms with E-state index in [1.54, 1.807) is 0 Å². The Morgan fingerprint density at radius 1 is 1.00 bits per heavy atom. The molecule has 1 heterocycles. The predicted octanol–water partition coefficient (Wildman–Crippen LogP) is 5.04. The lowest BCUT2D eigenvalue weighted by Crippen LogP contribution is -2.15. The van der Waals surface area contributed by atoms with Gasteiger partial charge in [0.25, 0.3) is 0 Å². The van der Waals surface area contributed by atoms with Crippen molar-refractivity contribution >= 4 is 17.0 Å². The Kier molecular flexibility index (Phi) is 1.89. The first-order valence-corrected chi connectivity index (χ1v) is 7.62. The van der Waals surface area contributed by atoms with Crippen molar-refractivity contribution < 1.29 is 0 Å². The van der Waals surface area contributed by atoms with E-state index in [-0.39, 0.29) is 5.41 Å². The van der Waals surface area contributed by atoms with Crippen molar-refractivity contribution in [2.24, 2.45) is 0 Å². The molecule has 0 radical (unpaired) electrons. The molecule has 1 aromatic heterocycles. The zero-order valence-corrected chi connectivity index (χ0v) is 12.3. The van der Waals surface area contributed by atoms with Crippen molar-refractivity contribution in [2.75, 3.05) is 0 Å². The van der Waals surface area contributed by atoms with Gasteiger partial charge in [0.2, 0.25) is 0 Å². The fourth-order valence-electron chi connectivity index (χ4n) is 4.27. The average Bonchev–Trinajstić information content (AvgIpc) is 3.11. The smallest absolute Gasteiger partial charge is 0.0509 e. The molecule has 0 fully saturated rings. The number of allylic oxidation sites excluding steroid dienone is 1. The van der Waals surface area contributed by atoms with Crippen LogP contribution in [0.1, 0.15) is 36.2 Å². The number of fused-ring (bicyclic) bond motifs is 7. The van der Waals surface area contributed by atoms with Crippen molar-refractivity contribution in [3.63, 3.8) is 0 Å². The number of H-pyrrole nitrogens is 1. The molecule has 2 aliphatic carbocycles. The summed E-state index contributed by atoms with van der Waals surface area (Å²) in [6, 6.07) is 13.4. The third-order valence-corrected chi connectivity index (χ3v) is 5.24. The number of aromatic nitrogens is 1. The van der Waals surface area contributed by atoms with E-state index >= 15 is 0 Å². The Hall–Kier alpha value is -2.28. The molecule has 3 aromatic rings. The normalized spacial score (nSPS) is 17.0. The standard InChI is InChI=1S/C20H17N/c1-20(2)16-8-4-3-6-12(16)14-10-11-15-13-7-5-9-17(13)21-19(15)18(14)20/h3-6,8-11,21H,7H2,1-2H3. The van der Waals surface area contributed by atoms with Crippen LogP contribution in [0.5, 0.6) is 0 Å². The SMILES string of the molecule is CC1(C)c2ccccc2-c2ccc3c4c([nH]c3c21)C=CC4. The quantitative estimate of drug-likeness (QED) is 0.589. The first-order chi connectivity index (χ1) is 10.2. The summed E-state index contributed by atoms with van der Waals surface area (Å²) in [5.74, 6) is 0. The van der Waals surface area contributed by atoms with E-state index in [0.29, 0.717) is 0 Å². The van der Waals surface area contributed by atoms with Gasteiger partial charge >= 0.3 is 0 Å². The maximum Gasteiger partial charge on any atom is 0.0509 e. The molecule has 2 aliphatic rings. The van der Waals surface area contributed by atoms with Gasteiger partial charge in [-0.15, -0.1) is 0 Å². The van der Waals surface area contributed by atoms with Crippen LogP contribution in [0.15, 0.2) is 42.5 Å². The maximum atomic E-state index is 3.68. The summed E-state index contributed by atoms with van der Waals surface area (Å²) >= 11 is 0. The molecule has 0 saturated heterocycles. The number of nitrogens with one attached hydrogen (secondary N) is 1. The Labute approximate surface area is 124 Å². The van der Waals surface area contributed by atoms with Gasteiger partial charge in [-0.25, -0.2) is 0 Å². The van der Waals surface area contributed by atoms with E-state index < -0.39 is 0 Å². The highest BCUT2D eigenvalue weighted by Gasteiger charge is 2.37. The van der Waals surface area contributed by atoms with Crippen LogP contribution in [0.3, 0.4) is 0 Å². The number of hydrogen-bond donors (Lipinski definition) is 1. The molecule has 0 saturated carbocycles. The average molecular weight is 271 g/mol. The summed E-state index contributed by atoms with van der Waals surface area (Å²) in [4.78, 5) is 3.68. The van der Waals surface area contributed by atoms with Crippen LogP contribution in [0.4, 0.5) is 0 Å². The van der Waals surface area contributed by atoms with Gasteiger partial charge in [-0.1, -0.05) is 56.3 Å². The number of benzene rings is 2. The minimum atomic E-state index is 0.0632. The molecule has 1 heteroatoms. The summed E-state index contributed by atoms with van der Waals surface area (Å²) < 4.78 is 0. The highest BCUT2D eigenvalue weighted by atomic mass is 14.7. The Morgan fingerprint density at radius 3 is 2.76 bits per heavy atom. The van der Waals surface area contributed by atoms with E-state index in [1.165, 1.54) is 44.4 Å². The molecule has 0 atom stereocenters. The van der Waals surface area contributed by atoms with Crippen molar-refractivity contribution in [3.8, 4) is 11.1 Å². The molecule has 0 spiro atoms. The van der Waals surface area contributed by atoms with Crippen LogP contribution in [0.25, 0.3) is 28.1 Å². The molecule has 0 bridgehead atoms. The van der Waals surface area contributed by atoms with Crippen LogP contribution in [0.2, 0.25) is 0 Å². The summed E-state index contributed by atoms with van der Waals surface area (Å²) in [6.07, 6.45) is 5.52. The van der Waals surface area contributed by atoms with Gasteiger partial charge in [0.15, 0.2) is 0 Å². The van der Waals surface area contributed by atoms with Crippen LogP contribution in [-0.2, 0) is 11.8 Å². The molecule has 2 aromatic carbocycles. The van der Waals surface area contributed by atoms with Gasteiger partial charge in [0.1, 0.15) is 0 Å². The number of rotatable bonds is 0. The molecule has 5 rings (SSSR count). The van der Waals surface area contributed by atoms with Crippen LogP contribution >= 0.6 is 0 Å². The summed E-state index contributed by atoms with van der Waals surface area (Å²) in [7, 11) is 0. The molecular weight excluding hydrogens is 254 g/mol. The molecule has 21 heavy (non-hydrogen) atoms. The Balaban J connectivity index is 1.95. The monoisotopic (exact) mass is 271 g/mol. The maximum absolute atomic E-state index is 3.68. The van der Waals surface area contributed by atoms with Crippen LogP contribution < -0.4 is 0 Å². The van der Waals surface area contributed by atoms with Gasteiger partial charge in [-0.3, -0.25) is 0 Å². The number of hydrogen-bond acceptors (Lipinski definition) is 0. The third-order valence-electron chi connectivity index (χ3n) is 5.24. The Morgan fingerprint density at radius 2 is 1.86 bits per heavy atom. The minimum absolute atomic E-state index is 0.0632. The van der Waals surface area contributed by atoms with Gasteiger partial charge in [0, 0.05) is 16.5 Å². The van der Waals surface area contributed by atoms with Crippen LogP contribution in [-0.4, -0.2) is 4.98 Å². The van der Waals surface area contributed by atoms with E-state index in [4.69, 9.17) is 0 Å². The molecule has 1 nitrogen and oxygen atoms in total. The largest absolute Gasteiger partial charge is 0.355 e. The molecule has 0 unspecified atom stereocenters. The lowest BCUT2D eigenvalue weighted by atomic mass is 9.81. The van der Waals surface area contributed by atoms with E-state index in [1.807, 2.05) is 0 Å². The van der Waals surface area contributed by atoms with Crippen molar-refractivity contribution in [1.29, 1.82) is 0 Å². The predicted molar refractivity (Wildman–Crippen MR) is 88.6 cm³/mol. The lowest BCUT2D eigenvalue weighted by molar-refractivity contribution is 0.665. The van der Waals surface area contributed by atoms with Gasteiger partial charge in [0.05, 0.1) is 5.52 Å². The Bertz CT molecular complexity index is 938. The molecular formula is C20H17N. The van der Waals surface area contributed by atoms with Crippen molar-refractivity contribution in [2.45, 2.75) is 25.7 Å². The summed E-state index contributed by atoms with van der Waals surface area (Å²) in [6.45, 7) is 4.69. The fraction of sp³-hybridized carbons (Fsp3) is 0.200. The molecule has 0 amide bonds. The molecule has 102 valence electrons. The first-order valence-electron chi connectivity index (χ1n) is 7.62. The second-order valence-electron chi connectivity index (χ2n) is 6.70. The van der Waals surface area contributed by atoms with Gasteiger partial charge in [-0.2, -0.15) is 0 Å². The van der Waals surface area contributed by atoms with Crippen molar-refractivity contribution in [1.82, 2.24) is 4.98 Å². The molecule has 0 aliphatic heterocycles. The topological polar surface area (TPSA) is 15.8 Å². The van der Waals surface area contributed by atoms with Crippen LogP contribution in [0, 0.1) is 0 Å². The third kappa shape index (κ3) is 1.23. The fourth-order valence-corrected chi connectivity index (χ4v) is 4.27.